The van der Waals surface area contributed by atoms with Crippen LogP contribution in [0, 0.1) is 18.6 Å². The molecule has 0 radical (unpaired) electrons. The van der Waals surface area contributed by atoms with Gasteiger partial charge >= 0.3 is 0 Å². The number of halogens is 2. The first-order chi connectivity index (χ1) is 14.4. The minimum absolute atomic E-state index is 0.0547. The van der Waals surface area contributed by atoms with Crippen LogP contribution in [0.2, 0.25) is 0 Å². The number of anilines is 1. The molecule has 0 unspecified atom stereocenters. The molecular weight excluding hydrogens is 410 g/mol. The van der Waals surface area contributed by atoms with Crippen LogP contribution in [0.5, 0.6) is 5.75 Å². The Morgan fingerprint density at radius 1 is 1.17 bits per heavy atom. The number of ether oxygens (including phenoxy) is 1. The summed E-state index contributed by atoms with van der Waals surface area (Å²) in [5, 5.41) is 3.18. The number of nitrogens with zero attached hydrogens (tertiary/aromatic N) is 1. The van der Waals surface area contributed by atoms with Gasteiger partial charge in [-0.2, -0.15) is 0 Å². The maximum atomic E-state index is 13.6. The molecule has 4 rings (SSSR count). The van der Waals surface area contributed by atoms with Gasteiger partial charge in [0.25, 0.3) is 5.91 Å². The third-order valence-corrected chi connectivity index (χ3v) is 4.75. The summed E-state index contributed by atoms with van der Waals surface area (Å²) in [5.41, 5.74) is 1.90. The average molecular weight is 426 g/mol. The molecule has 3 aromatic rings. The van der Waals surface area contributed by atoms with E-state index in [4.69, 9.17) is 21.4 Å². The molecule has 0 bridgehead atoms. The molecule has 1 aliphatic heterocycles. The lowest BCUT2D eigenvalue weighted by atomic mass is 10.2. The summed E-state index contributed by atoms with van der Waals surface area (Å²) in [4.78, 5) is 14.3. The van der Waals surface area contributed by atoms with E-state index < -0.39 is 11.6 Å². The van der Waals surface area contributed by atoms with E-state index in [1.807, 2.05) is 31.2 Å². The van der Waals surface area contributed by atoms with Crippen molar-refractivity contribution in [3.8, 4) is 5.75 Å². The summed E-state index contributed by atoms with van der Waals surface area (Å²) in [6.07, 6.45) is 1.54. The van der Waals surface area contributed by atoms with Crippen molar-refractivity contribution in [2.45, 2.75) is 13.5 Å². The van der Waals surface area contributed by atoms with E-state index in [0.717, 1.165) is 17.7 Å². The smallest absolute Gasteiger partial charge is 0.281 e. The number of nitrogens with one attached hydrogen (secondary N) is 1. The molecule has 0 saturated carbocycles. The van der Waals surface area contributed by atoms with Gasteiger partial charge in [-0.25, -0.2) is 8.78 Å². The Bertz CT molecular complexity index is 1170. The molecule has 1 aliphatic rings. The fourth-order valence-corrected chi connectivity index (χ4v) is 3.29. The number of rotatable bonds is 5. The second kappa shape index (κ2) is 8.08. The molecule has 8 heteroatoms. The first kappa shape index (κ1) is 19.8. The molecule has 1 saturated heterocycles. The number of aryl methyl sites for hydroxylation is 1. The van der Waals surface area contributed by atoms with Crippen molar-refractivity contribution in [3.63, 3.8) is 0 Å². The quantitative estimate of drug-likeness (QED) is 0.473. The van der Waals surface area contributed by atoms with Crippen molar-refractivity contribution in [1.82, 2.24) is 5.32 Å². The summed E-state index contributed by atoms with van der Waals surface area (Å²) in [6, 6.07) is 13.8. The zero-order valence-electron chi connectivity index (χ0n) is 15.8. The lowest BCUT2D eigenvalue weighted by Crippen LogP contribution is -2.30. The molecule has 2 heterocycles. The van der Waals surface area contributed by atoms with Crippen LogP contribution >= 0.6 is 12.2 Å². The second-order valence-corrected chi connectivity index (χ2v) is 6.97. The van der Waals surface area contributed by atoms with Gasteiger partial charge in [0.1, 0.15) is 29.6 Å². The van der Waals surface area contributed by atoms with E-state index in [2.05, 4.69) is 5.32 Å². The first-order valence-corrected chi connectivity index (χ1v) is 9.42. The fourth-order valence-electron chi connectivity index (χ4n) is 3.00. The average Bonchev–Trinajstić information content (AvgIpc) is 3.26. The van der Waals surface area contributed by atoms with Crippen LogP contribution in [-0.2, 0) is 11.4 Å². The Morgan fingerprint density at radius 3 is 2.73 bits per heavy atom. The maximum Gasteiger partial charge on any atom is 0.281 e. The van der Waals surface area contributed by atoms with E-state index in [9.17, 15) is 13.6 Å². The summed E-state index contributed by atoms with van der Waals surface area (Å²) >= 11 is 5.32. The number of benzene rings is 2. The number of carbonyl (C=O) groups is 1. The van der Waals surface area contributed by atoms with Gasteiger partial charge in [0.2, 0.25) is 0 Å². The minimum Gasteiger partial charge on any atom is -0.483 e. The SMILES string of the molecule is Cc1ccccc1N1C(=O)/C(=C\c2ccc(COc3ccc(F)cc3F)o2)NC1=S. The number of hydrogen-bond donors (Lipinski definition) is 1. The molecule has 1 aromatic heterocycles. The predicted octanol–water partition coefficient (Wildman–Crippen LogP) is 4.71. The lowest BCUT2D eigenvalue weighted by molar-refractivity contribution is -0.113. The highest BCUT2D eigenvalue weighted by molar-refractivity contribution is 7.80. The van der Waals surface area contributed by atoms with Crippen LogP contribution < -0.4 is 15.0 Å². The Labute approximate surface area is 176 Å². The Balaban J connectivity index is 1.48. The molecule has 152 valence electrons. The van der Waals surface area contributed by atoms with Gasteiger partial charge in [-0.1, -0.05) is 18.2 Å². The van der Waals surface area contributed by atoms with E-state index in [0.29, 0.717) is 17.2 Å². The van der Waals surface area contributed by atoms with Crippen molar-refractivity contribution >= 4 is 35.0 Å². The van der Waals surface area contributed by atoms with Crippen molar-refractivity contribution < 1.29 is 22.7 Å². The van der Waals surface area contributed by atoms with Gasteiger partial charge in [0, 0.05) is 12.1 Å². The molecule has 5 nitrogen and oxygen atoms in total. The van der Waals surface area contributed by atoms with E-state index >= 15 is 0 Å². The third-order valence-electron chi connectivity index (χ3n) is 4.47. The van der Waals surface area contributed by atoms with Crippen LogP contribution in [0.1, 0.15) is 17.1 Å². The highest BCUT2D eigenvalue weighted by Gasteiger charge is 2.32. The molecule has 0 aliphatic carbocycles. The van der Waals surface area contributed by atoms with Crippen molar-refractivity contribution in [2.24, 2.45) is 0 Å². The topological polar surface area (TPSA) is 54.7 Å². The highest BCUT2D eigenvalue weighted by Crippen LogP contribution is 2.26. The minimum atomic E-state index is -0.797. The first-order valence-electron chi connectivity index (χ1n) is 9.02. The summed E-state index contributed by atoms with van der Waals surface area (Å²) in [5.74, 6) is -1.04. The van der Waals surface area contributed by atoms with Gasteiger partial charge in [0.05, 0.1) is 5.69 Å². The highest BCUT2D eigenvalue weighted by atomic mass is 32.1. The number of thiocarbonyl (C=S) groups is 1. The molecule has 2 aromatic carbocycles. The van der Waals surface area contributed by atoms with Gasteiger partial charge in [-0.3, -0.25) is 9.69 Å². The second-order valence-electron chi connectivity index (χ2n) is 6.58. The predicted molar refractivity (Wildman–Crippen MR) is 112 cm³/mol. The third kappa shape index (κ3) is 3.95. The fraction of sp³-hybridized carbons (Fsp3) is 0.0909. The van der Waals surface area contributed by atoms with Gasteiger partial charge < -0.3 is 14.5 Å². The van der Waals surface area contributed by atoms with Crippen molar-refractivity contribution in [1.29, 1.82) is 0 Å². The van der Waals surface area contributed by atoms with Crippen LogP contribution in [0.3, 0.4) is 0 Å². The van der Waals surface area contributed by atoms with Crippen LogP contribution in [0.15, 0.2) is 64.7 Å². The molecule has 30 heavy (non-hydrogen) atoms. The Kier molecular flexibility index (Phi) is 5.33. The van der Waals surface area contributed by atoms with Crippen LogP contribution in [0.4, 0.5) is 14.5 Å². The van der Waals surface area contributed by atoms with Crippen molar-refractivity contribution in [2.75, 3.05) is 4.90 Å². The van der Waals surface area contributed by atoms with Gasteiger partial charge in [0.15, 0.2) is 16.7 Å². The van der Waals surface area contributed by atoms with E-state index in [1.165, 1.54) is 17.0 Å². The normalized spacial score (nSPS) is 15.0. The van der Waals surface area contributed by atoms with Crippen LogP contribution in [-0.4, -0.2) is 11.0 Å². The van der Waals surface area contributed by atoms with Crippen LogP contribution in [0.25, 0.3) is 6.08 Å². The largest absolute Gasteiger partial charge is 0.483 e. The van der Waals surface area contributed by atoms with E-state index in [1.54, 1.807) is 12.1 Å². The van der Waals surface area contributed by atoms with Gasteiger partial charge in [-0.05, 0) is 55.0 Å². The summed E-state index contributed by atoms with van der Waals surface area (Å²) < 4.78 is 37.6. The number of furan rings is 1. The Morgan fingerprint density at radius 2 is 1.97 bits per heavy atom. The van der Waals surface area contributed by atoms with Gasteiger partial charge in [-0.15, -0.1) is 0 Å². The van der Waals surface area contributed by atoms with E-state index in [-0.39, 0.29) is 29.1 Å². The Hall–Kier alpha value is -3.52. The zero-order chi connectivity index (χ0) is 21.3. The molecule has 1 N–H and O–H groups in total. The molecule has 0 atom stereocenters. The molecule has 1 amide bonds. The monoisotopic (exact) mass is 426 g/mol. The number of carbonyl (C=O) groups excluding carboxylic acids is 1. The van der Waals surface area contributed by atoms with Crippen molar-refractivity contribution in [3.05, 3.63) is 89.0 Å². The maximum absolute atomic E-state index is 13.6. The number of hydrogen-bond acceptors (Lipinski definition) is 4. The molecule has 1 fully saturated rings. The molecule has 0 spiro atoms. The summed E-state index contributed by atoms with van der Waals surface area (Å²) in [7, 11) is 0. The number of amides is 1. The zero-order valence-corrected chi connectivity index (χ0v) is 16.6. The standard InChI is InChI=1S/C22H16F2N2O3S/c1-13-4-2-3-5-19(13)26-21(27)18(25-22(26)30)11-15-7-8-16(29-15)12-28-20-9-6-14(23)10-17(20)24/h2-11H,12H2,1H3,(H,25,30)/b18-11+. The summed E-state index contributed by atoms with van der Waals surface area (Å²) in [6.45, 7) is 1.84. The number of para-hydroxylation sites is 1. The molecular formula is C22H16F2N2O3S. The lowest BCUT2D eigenvalue weighted by Gasteiger charge is -2.16.